The van der Waals surface area contributed by atoms with Gasteiger partial charge in [-0.25, -0.2) is 14.8 Å². The Hall–Kier alpha value is -1.87. The summed E-state index contributed by atoms with van der Waals surface area (Å²) in [6.45, 7) is 16.2. The maximum Gasteiger partial charge on any atom is 0.498 e. The minimum absolute atomic E-state index is 0.274. The van der Waals surface area contributed by atoms with Gasteiger partial charge in [-0.05, 0) is 48.5 Å². The molecule has 2 aliphatic rings. The zero-order valence-electron chi connectivity index (χ0n) is 18.0. The number of anilines is 1. The van der Waals surface area contributed by atoms with Crippen LogP contribution in [0.4, 0.5) is 10.7 Å². The molecule has 1 aromatic heterocycles. The van der Waals surface area contributed by atoms with E-state index in [1.165, 1.54) is 0 Å². The standard InChI is InChI=1S/C19H31BN4O4/c1-17(2,3)26-16(25)24-10-8-23(9-11-24)15-21-12-14(13-22-15)20-27-18(4,5)19(6,7)28-20/h12-13H,8-11H2,1-7H3. The summed E-state index contributed by atoms with van der Waals surface area (Å²) in [5, 5.41) is 0. The molecule has 9 heteroatoms. The van der Waals surface area contributed by atoms with Crippen LogP contribution in [0.3, 0.4) is 0 Å². The fourth-order valence-corrected chi connectivity index (χ4v) is 3.01. The fraction of sp³-hybridized carbons (Fsp3) is 0.737. The van der Waals surface area contributed by atoms with Crippen LogP contribution in [0.5, 0.6) is 0 Å². The molecule has 0 N–H and O–H groups in total. The second kappa shape index (κ2) is 7.19. The van der Waals surface area contributed by atoms with Crippen LogP contribution in [-0.2, 0) is 14.0 Å². The third-order valence-corrected chi connectivity index (χ3v) is 5.40. The number of carbonyl (C=O) groups is 1. The Morgan fingerprint density at radius 2 is 1.54 bits per heavy atom. The monoisotopic (exact) mass is 390 g/mol. The lowest BCUT2D eigenvalue weighted by molar-refractivity contribution is 0.00578. The van der Waals surface area contributed by atoms with Gasteiger partial charge >= 0.3 is 13.2 Å². The Balaban J connectivity index is 1.58. The van der Waals surface area contributed by atoms with Crippen molar-refractivity contribution in [3.63, 3.8) is 0 Å². The molecule has 3 rings (SSSR count). The quantitative estimate of drug-likeness (QED) is 0.713. The van der Waals surface area contributed by atoms with Crippen molar-refractivity contribution in [3.05, 3.63) is 12.4 Å². The molecule has 0 aliphatic carbocycles. The number of carbonyl (C=O) groups excluding carboxylic acids is 1. The number of piperazine rings is 1. The van der Waals surface area contributed by atoms with Gasteiger partial charge in [0, 0.05) is 44.0 Å². The van der Waals surface area contributed by atoms with Gasteiger partial charge in [-0.1, -0.05) is 0 Å². The van der Waals surface area contributed by atoms with Crippen molar-refractivity contribution in [2.24, 2.45) is 0 Å². The van der Waals surface area contributed by atoms with Crippen molar-refractivity contribution in [3.8, 4) is 0 Å². The van der Waals surface area contributed by atoms with Gasteiger partial charge in [-0.3, -0.25) is 0 Å². The number of rotatable bonds is 2. The second-order valence-corrected chi connectivity index (χ2v) is 9.36. The summed E-state index contributed by atoms with van der Waals surface area (Å²) in [6.07, 6.45) is 3.24. The fourth-order valence-electron chi connectivity index (χ4n) is 3.01. The predicted molar refractivity (Wildman–Crippen MR) is 108 cm³/mol. The van der Waals surface area contributed by atoms with Crippen LogP contribution in [0.1, 0.15) is 48.5 Å². The number of aromatic nitrogens is 2. The zero-order valence-corrected chi connectivity index (χ0v) is 18.0. The summed E-state index contributed by atoms with van der Waals surface area (Å²) in [5.41, 5.74) is -0.474. The minimum Gasteiger partial charge on any atom is -0.444 e. The van der Waals surface area contributed by atoms with E-state index < -0.39 is 23.9 Å². The van der Waals surface area contributed by atoms with Gasteiger partial charge in [-0.2, -0.15) is 0 Å². The lowest BCUT2D eigenvalue weighted by Gasteiger charge is -2.35. The van der Waals surface area contributed by atoms with Crippen LogP contribution < -0.4 is 10.4 Å². The highest BCUT2D eigenvalue weighted by Crippen LogP contribution is 2.36. The molecule has 2 aliphatic heterocycles. The molecule has 2 fully saturated rings. The molecule has 8 nitrogen and oxygen atoms in total. The summed E-state index contributed by atoms with van der Waals surface area (Å²) >= 11 is 0. The molecule has 0 atom stereocenters. The number of nitrogens with zero attached hydrogens (tertiary/aromatic N) is 4. The van der Waals surface area contributed by atoms with Crippen molar-refractivity contribution in [1.29, 1.82) is 0 Å². The maximum absolute atomic E-state index is 12.2. The Morgan fingerprint density at radius 3 is 2.00 bits per heavy atom. The number of hydrogen-bond acceptors (Lipinski definition) is 7. The third-order valence-electron chi connectivity index (χ3n) is 5.40. The van der Waals surface area contributed by atoms with Gasteiger partial charge in [0.25, 0.3) is 0 Å². The van der Waals surface area contributed by atoms with Crippen molar-refractivity contribution >= 4 is 24.6 Å². The van der Waals surface area contributed by atoms with Crippen LogP contribution >= 0.6 is 0 Å². The van der Waals surface area contributed by atoms with E-state index >= 15 is 0 Å². The average Bonchev–Trinajstić information content (AvgIpc) is 2.81. The first kappa shape index (κ1) is 20.9. The number of hydrogen-bond donors (Lipinski definition) is 0. The Kier molecular flexibility index (Phi) is 5.35. The van der Waals surface area contributed by atoms with Crippen LogP contribution in [0, 0.1) is 0 Å². The maximum atomic E-state index is 12.2. The summed E-state index contributed by atoms with van der Waals surface area (Å²) in [4.78, 5) is 25.0. The Bertz CT molecular complexity index is 694. The van der Waals surface area contributed by atoms with E-state index in [0.717, 1.165) is 5.46 Å². The molecular formula is C19H31BN4O4. The van der Waals surface area contributed by atoms with Gasteiger partial charge in [0.1, 0.15) is 5.60 Å². The first-order valence-corrected chi connectivity index (χ1v) is 9.78. The van der Waals surface area contributed by atoms with Gasteiger partial charge in [0.2, 0.25) is 5.95 Å². The molecule has 0 spiro atoms. The Labute approximate surface area is 167 Å². The summed E-state index contributed by atoms with van der Waals surface area (Å²) in [5.74, 6) is 0.643. The SMILES string of the molecule is CC(C)(C)OC(=O)N1CCN(c2ncc(B3OC(C)(C)C(C)(C)O3)cn2)CC1. The van der Waals surface area contributed by atoms with Crippen LogP contribution in [-0.4, -0.2) is 71.1 Å². The third kappa shape index (κ3) is 4.41. The van der Waals surface area contributed by atoms with Crippen LogP contribution in [0.15, 0.2) is 12.4 Å². The highest BCUT2D eigenvalue weighted by molar-refractivity contribution is 6.61. The number of amides is 1. The Morgan fingerprint density at radius 1 is 1.04 bits per heavy atom. The van der Waals surface area contributed by atoms with E-state index in [1.807, 2.05) is 48.5 Å². The molecule has 154 valence electrons. The zero-order chi connectivity index (χ0) is 20.7. The van der Waals surface area contributed by atoms with Crippen molar-refractivity contribution < 1.29 is 18.8 Å². The van der Waals surface area contributed by atoms with E-state index in [2.05, 4.69) is 14.9 Å². The predicted octanol–water partition coefficient (Wildman–Crippen LogP) is 1.83. The van der Waals surface area contributed by atoms with E-state index in [0.29, 0.717) is 32.1 Å². The van der Waals surface area contributed by atoms with Crippen molar-refractivity contribution in [2.75, 3.05) is 31.1 Å². The summed E-state index contributed by atoms with van der Waals surface area (Å²) in [6, 6.07) is 0. The van der Waals surface area contributed by atoms with Gasteiger partial charge < -0.3 is 23.8 Å². The molecule has 3 heterocycles. The molecule has 28 heavy (non-hydrogen) atoms. The van der Waals surface area contributed by atoms with Crippen molar-refractivity contribution in [2.45, 2.75) is 65.3 Å². The highest BCUT2D eigenvalue weighted by Gasteiger charge is 2.52. The lowest BCUT2D eigenvalue weighted by Crippen LogP contribution is -2.50. The molecule has 0 radical (unpaired) electrons. The highest BCUT2D eigenvalue weighted by atomic mass is 16.7. The van der Waals surface area contributed by atoms with Crippen LogP contribution in [0.25, 0.3) is 0 Å². The summed E-state index contributed by atoms with van der Waals surface area (Å²) < 4.78 is 17.5. The van der Waals surface area contributed by atoms with E-state index in [9.17, 15) is 4.79 Å². The second-order valence-electron chi connectivity index (χ2n) is 9.36. The summed E-state index contributed by atoms with van der Waals surface area (Å²) in [7, 11) is -0.469. The average molecular weight is 390 g/mol. The topological polar surface area (TPSA) is 77.0 Å². The molecule has 0 aromatic carbocycles. The molecule has 1 aromatic rings. The molecule has 0 saturated carbocycles. The lowest BCUT2D eigenvalue weighted by atomic mass is 9.81. The normalized spacial score (nSPS) is 21.8. The van der Waals surface area contributed by atoms with Gasteiger partial charge in [-0.15, -0.1) is 0 Å². The smallest absolute Gasteiger partial charge is 0.444 e. The molecule has 0 unspecified atom stereocenters. The largest absolute Gasteiger partial charge is 0.498 e. The number of ether oxygens (including phenoxy) is 1. The van der Waals surface area contributed by atoms with Gasteiger partial charge in [0.15, 0.2) is 0 Å². The first-order valence-electron chi connectivity index (χ1n) is 9.78. The first-order chi connectivity index (χ1) is 12.9. The van der Waals surface area contributed by atoms with E-state index in [4.69, 9.17) is 14.0 Å². The van der Waals surface area contributed by atoms with E-state index in [1.54, 1.807) is 17.3 Å². The van der Waals surface area contributed by atoms with E-state index in [-0.39, 0.29) is 6.09 Å². The van der Waals surface area contributed by atoms with Crippen LogP contribution in [0.2, 0.25) is 0 Å². The molecule has 0 bridgehead atoms. The molecule has 2 saturated heterocycles. The minimum atomic E-state index is -0.485. The van der Waals surface area contributed by atoms with Gasteiger partial charge in [0.05, 0.1) is 11.2 Å². The van der Waals surface area contributed by atoms with Crippen molar-refractivity contribution in [1.82, 2.24) is 14.9 Å². The molecule has 1 amide bonds. The molecular weight excluding hydrogens is 359 g/mol.